The number of hydrogen-bond acceptors (Lipinski definition) is 5. The van der Waals surface area contributed by atoms with Crippen LogP contribution in [0.25, 0.3) is 5.52 Å². The second-order valence-electron chi connectivity index (χ2n) is 5.61. The van der Waals surface area contributed by atoms with Gasteiger partial charge in [0.15, 0.2) is 5.82 Å². The zero-order chi connectivity index (χ0) is 15.3. The van der Waals surface area contributed by atoms with Crippen LogP contribution in [-0.4, -0.2) is 31.1 Å². The van der Waals surface area contributed by atoms with Crippen LogP contribution in [0, 0.1) is 13.8 Å². The SMILES string of the molecule is Cc1cc2c(N3CCc4nc(C)[nH]c(=O)c4C3)nccn2n1. The van der Waals surface area contributed by atoms with Gasteiger partial charge < -0.3 is 9.88 Å². The maximum atomic E-state index is 12.2. The highest BCUT2D eigenvalue weighted by molar-refractivity contribution is 5.69. The summed E-state index contributed by atoms with van der Waals surface area (Å²) in [5, 5.41) is 4.41. The summed E-state index contributed by atoms with van der Waals surface area (Å²) >= 11 is 0. The summed E-state index contributed by atoms with van der Waals surface area (Å²) in [6.45, 7) is 5.08. The van der Waals surface area contributed by atoms with Crippen molar-refractivity contribution in [2.24, 2.45) is 0 Å². The Bertz CT molecular complexity index is 925. The first-order chi connectivity index (χ1) is 10.6. The number of hydrogen-bond donors (Lipinski definition) is 1. The van der Waals surface area contributed by atoms with Crippen molar-refractivity contribution < 1.29 is 0 Å². The van der Waals surface area contributed by atoms with E-state index in [0.717, 1.165) is 41.3 Å². The van der Waals surface area contributed by atoms with E-state index in [2.05, 4.69) is 25.0 Å². The van der Waals surface area contributed by atoms with Gasteiger partial charge in [-0.1, -0.05) is 0 Å². The van der Waals surface area contributed by atoms with Crippen LogP contribution < -0.4 is 10.5 Å². The summed E-state index contributed by atoms with van der Waals surface area (Å²) in [4.78, 5) is 26.0. The van der Waals surface area contributed by atoms with Crippen molar-refractivity contribution in [1.82, 2.24) is 24.6 Å². The molecule has 0 saturated heterocycles. The van der Waals surface area contributed by atoms with Crippen LogP contribution in [0.5, 0.6) is 0 Å². The Morgan fingerprint density at radius 2 is 2.18 bits per heavy atom. The average Bonchev–Trinajstić information content (AvgIpc) is 2.87. The van der Waals surface area contributed by atoms with E-state index < -0.39 is 0 Å². The molecule has 1 aliphatic heterocycles. The molecule has 22 heavy (non-hydrogen) atoms. The third kappa shape index (κ3) is 1.97. The van der Waals surface area contributed by atoms with Crippen molar-refractivity contribution in [2.45, 2.75) is 26.8 Å². The van der Waals surface area contributed by atoms with Crippen LogP contribution >= 0.6 is 0 Å². The standard InChI is InChI=1S/C15H16N6O/c1-9-7-13-14(16-4-6-21(13)19-9)20-5-3-12-11(8-20)15(22)18-10(2)17-12/h4,6-7H,3,5,8H2,1-2H3,(H,17,18,22). The first-order valence-electron chi connectivity index (χ1n) is 7.26. The highest BCUT2D eigenvalue weighted by Gasteiger charge is 2.23. The minimum Gasteiger partial charge on any atom is -0.350 e. The maximum Gasteiger partial charge on any atom is 0.256 e. The second-order valence-corrected chi connectivity index (χ2v) is 5.61. The molecule has 0 bridgehead atoms. The van der Waals surface area contributed by atoms with Crippen LogP contribution in [0.2, 0.25) is 0 Å². The normalized spacial score (nSPS) is 14.4. The first-order valence-corrected chi connectivity index (χ1v) is 7.26. The van der Waals surface area contributed by atoms with Crippen molar-refractivity contribution in [2.75, 3.05) is 11.4 Å². The van der Waals surface area contributed by atoms with Gasteiger partial charge in [-0.25, -0.2) is 14.5 Å². The minimum absolute atomic E-state index is 0.0520. The molecular weight excluding hydrogens is 280 g/mol. The molecule has 0 amide bonds. The first kappa shape index (κ1) is 13.0. The Hall–Kier alpha value is -2.70. The van der Waals surface area contributed by atoms with E-state index in [1.54, 1.807) is 6.20 Å². The van der Waals surface area contributed by atoms with Crippen molar-refractivity contribution in [3.63, 3.8) is 0 Å². The van der Waals surface area contributed by atoms with E-state index in [1.807, 2.05) is 30.6 Å². The molecule has 3 aromatic rings. The number of nitrogens with one attached hydrogen (secondary N) is 1. The smallest absolute Gasteiger partial charge is 0.256 e. The third-order valence-electron chi connectivity index (χ3n) is 3.98. The van der Waals surface area contributed by atoms with Gasteiger partial charge in [-0.15, -0.1) is 0 Å². The van der Waals surface area contributed by atoms with Crippen LogP contribution in [0.1, 0.15) is 22.8 Å². The quantitative estimate of drug-likeness (QED) is 0.724. The molecule has 7 nitrogen and oxygen atoms in total. The van der Waals surface area contributed by atoms with Crippen LogP contribution in [0.3, 0.4) is 0 Å². The van der Waals surface area contributed by atoms with Crippen molar-refractivity contribution in [3.8, 4) is 0 Å². The fourth-order valence-electron chi connectivity index (χ4n) is 3.00. The number of aryl methyl sites for hydroxylation is 2. The van der Waals surface area contributed by atoms with Gasteiger partial charge in [0, 0.05) is 25.4 Å². The molecule has 0 spiro atoms. The summed E-state index contributed by atoms with van der Waals surface area (Å²) < 4.78 is 1.82. The van der Waals surface area contributed by atoms with Crippen molar-refractivity contribution in [3.05, 3.63) is 51.6 Å². The molecule has 0 aromatic carbocycles. The van der Waals surface area contributed by atoms with E-state index in [1.165, 1.54) is 0 Å². The monoisotopic (exact) mass is 296 g/mol. The van der Waals surface area contributed by atoms with E-state index in [0.29, 0.717) is 12.4 Å². The van der Waals surface area contributed by atoms with E-state index >= 15 is 0 Å². The Labute approximate surface area is 126 Å². The highest BCUT2D eigenvalue weighted by Crippen LogP contribution is 2.24. The van der Waals surface area contributed by atoms with Gasteiger partial charge in [-0.2, -0.15) is 5.10 Å². The molecule has 1 N–H and O–H groups in total. The third-order valence-corrected chi connectivity index (χ3v) is 3.98. The molecule has 1 aliphatic rings. The lowest BCUT2D eigenvalue weighted by atomic mass is 10.1. The predicted molar refractivity (Wildman–Crippen MR) is 82.1 cm³/mol. The molecule has 4 heterocycles. The van der Waals surface area contributed by atoms with Crippen molar-refractivity contribution in [1.29, 1.82) is 0 Å². The van der Waals surface area contributed by atoms with Gasteiger partial charge in [0.05, 0.1) is 23.5 Å². The molecule has 0 atom stereocenters. The van der Waals surface area contributed by atoms with E-state index in [9.17, 15) is 4.79 Å². The molecular formula is C15H16N6O. The predicted octanol–water partition coefficient (Wildman–Crippen LogP) is 0.992. The number of rotatable bonds is 1. The van der Waals surface area contributed by atoms with Gasteiger partial charge in [0.25, 0.3) is 5.56 Å². The number of anilines is 1. The Morgan fingerprint density at radius 3 is 3.05 bits per heavy atom. The fourth-order valence-corrected chi connectivity index (χ4v) is 3.00. The van der Waals surface area contributed by atoms with Crippen molar-refractivity contribution >= 4 is 11.3 Å². The molecule has 0 unspecified atom stereocenters. The van der Waals surface area contributed by atoms with Gasteiger partial charge in [-0.3, -0.25) is 4.79 Å². The van der Waals surface area contributed by atoms with E-state index in [-0.39, 0.29) is 5.56 Å². The summed E-state index contributed by atoms with van der Waals surface area (Å²) in [6.07, 6.45) is 4.32. The largest absolute Gasteiger partial charge is 0.350 e. The Morgan fingerprint density at radius 1 is 1.32 bits per heavy atom. The number of fused-ring (bicyclic) bond motifs is 2. The lowest BCUT2D eigenvalue weighted by Gasteiger charge is -2.28. The van der Waals surface area contributed by atoms with Gasteiger partial charge >= 0.3 is 0 Å². The minimum atomic E-state index is -0.0520. The molecule has 4 rings (SSSR count). The number of nitrogens with zero attached hydrogens (tertiary/aromatic N) is 5. The highest BCUT2D eigenvalue weighted by atomic mass is 16.1. The molecule has 0 aliphatic carbocycles. The topological polar surface area (TPSA) is 79.2 Å². The van der Waals surface area contributed by atoms with Crippen LogP contribution in [0.15, 0.2) is 23.3 Å². The number of aromatic nitrogens is 5. The maximum absolute atomic E-state index is 12.2. The molecule has 112 valence electrons. The Kier molecular flexibility index (Phi) is 2.75. The van der Waals surface area contributed by atoms with Gasteiger partial charge in [-0.05, 0) is 19.9 Å². The average molecular weight is 296 g/mol. The summed E-state index contributed by atoms with van der Waals surface area (Å²) in [5.41, 5.74) is 3.48. The zero-order valence-corrected chi connectivity index (χ0v) is 12.5. The number of aromatic amines is 1. The molecule has 0 saturated carbocycles. The number of H-pyrrole nitrogens is 1. The summed E-state index contributed by atoms with van der Waals surface area (Å²) in [5.74, 6) is 1.53. The molecule has 3 aromatic heterocycles. The van der Waals surface area contributed by atoms with Crippen LogP contribution in [0.4, 0.5) is 5.82 Å². The van der Waals surface area contributed by atoms with Crippen LogP contribution in [-0.2, 0) is 13.0 Å². The zero-order valence-electron chi connectivity index (χ0n) is 12.5. The molecule has 7 heteroatoms. The van der Waals surface area contributed by atoms with Gasteiger partial charge in [0.2, 0.25) is 0 Å². The summed E-state index contributed by atoms with van der Waals surface area (Å²) in [7, 11) is 0. The molecule has 0 fully saturated rings. The van der Waals surface area contributed by atoms with E-state index in [4.69, 9.17) is 0 Å². The molecule has 0 radical (unpaired) electrons. The lowest BCUT2D eigenvalue weighted by Crippen LogP contribution is -2.36. The van der Waals surface area contributed by atoms with Gasteiger partial charge in [0.1, 0.15) is 11.3 Å². The summed E-state index contributed by atoms with van der Waals surface area (Å²) in [6, 6.07) is 2.01. The fraction of sp³-hybridized carbons (Fsp3) is 0.333. The lowest BCUT2D eigenvalue weighted by molar-refractivity contribution is 0.683. The Balaban J connectivity index is 1.79. The second kappa shape index (κ2) is 4.66.